The molecular weight excluding hydrogens is 422 g/mol. The van der Waals surface area contributed by atoms with E-state index in [-0.39, 0.29) is 29.0 Å². The lowest BCUT2D eigenvalue weighted by Gasteiger charge is -2.27. The fraction of sp³-hybridized carbons (Fsp3) is 0.409. The molecule has 1 amide bonds. The topological polar surface area (TPSA) is 73.1 Å². The van der Waals surface area contributed by atoms with Crippen LogP contribution in [0.5, 0.6) is 0 Å². The number of benzene rings is 1. The molecule has 2 aromatic heterocycles. The minimum absolute atomic E-state index is 0.0298. The van der Waals surface area contributed by atoms with E-state index in [1.54, 1.807) is 17.7 Å². The van der Waals surface area contributed by atoms with Crippen LogP contribution in [0, 0.1) is 11.8 Å². The Hall–Kier alpha value is -2.38. The molecule has 1 fully saturated rings. The molecule has 0 unspecified atom stereocenters. The summed E-state index contributed by atoms with van der Waals surface area (Å²) in [6.07, 6.45) is 3.25. The first-order valence-electron chi connectivity index (χ1n) is 10.1. The van der Waals surface area contributed by atoms with Crippen LogP contribution in [0.25, 0.3) is 10.2 Å². The van der Waals surface area contributed by atoms with Gasteiger partial charge in [0.15, 0.2) is 0 Å². The number of carbonyl (C=O) groups is 1. The molecule has 30 heavy (non-hydrogen) atoms. The molecule has 2 heterocycles. The lowest BCUT2D eigenvalue weighted by atomic mass is 9.81. The summed E-state index contributed by atoms with van der Waals surface area (Å²) in [5.41, 5.74) is 1.06. The van der Waals surface area contributed by atoms with Crippen molar-refractivity contribution in [2.45, 2.75) is 38.8 Å². The van der Waals surface area contributed by atoms with E-state index in [0.29, 0.717) is 28.3 Å². The number of hydrogen-bond acceptors (Lipinski definition) is 4. The molecule has 3 aromatic rings. The first-order chi connectivity index (χ1) is 14.5. The zero-order chi connectivity index (χ0) is 21.3. The van der Waals surface area contributed by atoms with E-state index in [0.717, 1.165) is 31.2 Å². The first kappa shape index (κ1) is 20.9. The molecule has 0 atom stereocenters. The Morgan fingerprint density at radius 2 is 1.93 bits per heavy atom. The maximum Gasteiger partial charge on any atom is 0.331 e. The lowest BCUT2D eigenvalue weighted by molar-refractivity contribution is -0.125. The fourth-order valence-corrected chi connectivity index (χ4v) is 5.39. The minimum Gasteiger partial charge on any atom is -0.359 e. The molecular formula is C22H24ClN3O3S. The van der Waals surface area contributed by atoms with Gasteiger partial charge in [-0.1, -0.05) is 23.7 Å². The van der Waals surface area contributed by atoms with Crippen LogP contribution in [0.1, 0.15) is 31.2 Å². The molecule has 0 saturated heterocycles. The van der Waals surface area contributed by atoms with Crippen molar-refractivity contribution >= 4 is 39.1 Å². The summed E-state index contributed by atoms with van der Waals surface area (Å²) in [6.45, 7) is 0.748. The van der Waals surface area contributed by atoms with Crippen LogP contribution >= 0.6 is 22.9 Å². The van der Waals surface area contributed by atoms with E-state index in [1.807, 2.05) is 29.6 Å². The average molecular weight is 446 g/mol. The van der Waals surface area contributed by atoms with Gasteiger partial charge >= 0.3 is 5.69 Å². The molecule has 1 aromatic carbocycles. The largest absolute Gasteiger partial charge is 0.359 e. The Bertz CT molecular complexity index is 1190. The van der Waals surface area contributed by atoms with E-state index in [4.69, 9.17) is 11.6 Å². The van der Waals surface area contributed by atoms with Crippen LogP contribution in [0.15, 0.2) is 45.3 Å². The van der Waals surface area contributed by atoms with Gasteiger partial charge in [0.1, 0.15) is 4.70 Å². The number of rotatable bonds is 5. The average Bonchev–Trinajstić information content (AvgIpc) is 3.24. The highest BCUT2D eigenvalue weighted by molar-refractivity contribution is 7.17. The molecule has 158 valence electrons. The summed E-state index contributed by atoms with van der Waals surface area (Å²) in [5, 5.41) is 5.17. The van der Waals surface area contributed by atoms with Gasteiger partial charge in [0.25, 0.3) is 5.56 Å². The van der Waals surface area contributed by atoms with Crippen molar-refractivity contribution in [1.29, 1.82) is 0 Å². The molecule has 0 spiro atoms. The monoisotopic (exact) mass is 445 g/mol. The highest BCUT2D eigenvalue weighted by atomic mass is 35.5. The van der Waals surface area contributed by atoms with Gasteiger partial charge in [-0.05, 0) is 60.7 Å². The maximum atomic E-state index is 13.3. The zero-order valence-electron chi connectivity index (χ0n) is 16.8. The third-order valence-corrected chi connectivity index (χ3v) is 7.10. The van der Waals surface area contributed by atoms with Crippen molar-refractivity contribution in [2.75, 3.05) is 7.05 Å². The van der Waals surface area contributed by atoms with Crippen molar-refractivity contribution in [3.05, 3.63) is 67.1 Å². The molecule has 1 N–H and O–H groups in total. The Morgan fingerprint density at radius 3 is 2.63 bits per heavy atom. The Labute approximate surface area is 183 Å². The molecule has 8 heteroatoms. The molecule has 1 aliphatic rings. The van der Waals surface area contributed by atoms with Crippen LogP contribution in [0.2, 0.25) is 5.02 Å². The molecule has 1 saturated carbocycles. The van der Waals surface area contributed by atoms with Gasteiger partial charge in [0.2, 0.25) is 5.91 Å². The summed E-state index contributed by atoms with van der Waals surface area (Å²) >= 11 is 7.47. The third kappa shape index (κ3) is 4.09. The van der Waals surface area contributed by atoms with Crippen molar-refractivity contribution in [1.82, 2.24) is 14.5 Å². The number of halogens is 1. The molecule has 6 nitrogen and oxygen atoms in total. The first-order valence-corrected chi connectivity index (χ1v) is 11.4. The van der Waals surface area contributed by atoms with E-state index < -0.39 is 0 Å². The molecule has 0 radical (unpaired) electrons. The highest BCUT2D eigenvalue weighted by Gasteiger charge is 2.27. The Kier molecular flexibility index (Phi) is 6.11. The fourth-order valence-electron chi connectivity index (χ4n) is 4.33. The number of thiophene rings is 1. The van der Waals surface area contributed by atoms with Gasteiger partial charge in [-0.15, -0.1) is 11.3 Å². The predicted molar refractivity (Wildman–Crippen MR) is 120 cm³/mol. The van der Waals surface area contributed by atoms with Crippen LogP contribution in [-0.2, 0) is 17.9 Å². The lowest BCUT2D eigenvalue weighted by Crippen LogP contribution is -2.42. The van der Waals surface area contributed by atoms with Crippen LogP contribution in [0.4, 0.5) is 0 Å². The standard InChI is InChI=1S/C22H24ClN3O3S/c1-24-20(27)16-7-5-14(6-8-16)12-26-21(28)19-18(9-10-30-19)25(22(26)29)13-15-3-2-4-17(23)11-15/h2-4,9-11,14,16H,5-8,12-13H2,1H3,(H,24,27). The number of fused-ring (bicyclic) bond motifs is 1. The maximum absolute atomic E-state index is 13.3. The number of aromatic nitrogens is 2. The zero-order valence-corrected chi connectivity index (χ0v) is 18.3. The van der Waals surface area contributed by atoms with Gasteiger partial charge in [0, 0.05) is 24.5 Å². The predicted octanol–water partition coefficient (Wildman–Crippen LogP) is 3.48. The molecule has 4 rings (SSSR count). The molecule has 1 aliphatic carbocycles. The van der Waals surface area contributed by atoms with Crippen LogP contribution in [-0.4, -0.2) is 22.1 Å². The van der Waals surface area contributed by atoms with E-state index in [1.165, 1.54) is 15.9 Å². The van der Waals surface area contributed by atoms with Gasteiger partial charge in [-0.2, -0.15) is 0 Å². The summed E-state index contributed by atoms with van der Waals surface area (Å²) in [6, 6.07) is 9.23. The van der Waals surface area contributed by atoms with Crippen molar-refractivity contribution in [3.8, 4) is 0 Å². The van der Waals surface area contributed by atoms with Crippen molar-refractivity contribution in [2.24, 2.45) is 11.8 Å². The van der Waals surface area contributed by atoms with Crippen LogP contribution in [0.3, 0.4) is 0 Å². The van der Waals surface area contributed by atoms with E-state index in [9.17, 15) is 14.4 Å². The van der Waals surface area contributed by atoms with Gasteiger partial charge in [0.05, 0.1) is 12.1 Å². The molecule has 0 bridgehead atoms. The second-order valence-electron chi connectivity index (χ2n) is 7.88. The summed E-state index contributed by atoms with van der Waals surface area (Å²) in [5.74, 6) is 0.324. The number of amides is 1. The third-order valence-electron chi connectivity index (χ3n) is 5.97. The minimum atomic E-state index is -0.292. The van der Waals surface area contributed by atoms with Crippen molar-refractivity contribution < 1.29 is 4.79 Å². The van der Waals surface area contributed by atoms with Crippen molar-refractivity contribution in [3.63, 3.8) is 0 Å². The molecule has 0 aliphatic heterocycles. The number of nitrogens with zero attached hydrogens (tertiary/aromatic N) is 2. The number of hydrogen-bond donors (Lipinski definition) is 1. The highest BCUT2D eigenvalue weighted by Crippen LogP contribution is 2.29. The second kappa shape index (κ2) is 8.78. The summed E-state index contributed by atoms with van der Waals surface area (Å²) in [7, 11) is 1.66. The smallest absolute Gasteiger partial charge is 0.331 e. The van der Waals surface area contributed by atoms with Gasteiger partial charge in [-0.3, -0.25) is 18.7 Å². The Balaban J connectivity index is 1.65. The van der Waals surface area contributed by atoms with E-state index in [2.05, 4.69) is 5.32 Å². The normalized spacial score (nSPS) is 19.1. The van der Waals surface area contributed by atoms with Crippen LogP contribution < -0.4 is 16.6 Å². The number of carbonyl (C=O) groups excluding carboxylic acids is 1. The SMILES string of the molecule is CNC(=O)C1CCC(Cn2c(=O)c3sccc3n(Cc3cccc(Cl)c3)c2=O)CC1. The van der Waals surface area contributed by atoms with Gasteiger partial charge in [-0.25, -0.2) is 4.79 Å². The summed E-state index contributed by atoms with van der Waals surface area (Å²) in [4.78, 5) is 38.2. The van der Waals surface area contributed by atoms with E-state index >= 15 is 0 Å². The van der Waals surface area contributed by atoms with Gasteiger partial charge < -0.3 is 5.32 Å². The Morgan fingerprint density at radius 1 is 1.17 bits per heavy atom. The number of nitrogens with one attached hydrogen (secondary N) is 1. The quantitative estimate of drug-likeness (QED) is 0.653. The summed E-state index contributed by atoms with van der Waals surface area (Å²) < 4.78 is 3.64. The second-order valence-corrected chi connectivity index (χ2v) is 9.23.